The highest BCUT2D eigenvalue weighted by Crippen LogP contribution is 2.34. The average Bonchev–Trinajstić information content (AvgIpc) is 2.52. The lowest BCUT2D eigenvalue weighted by molar-refractivity contribution is -0.138. The third-order valence-corrected chi connectivity index (χ3v) is 3.37. The lowest BCUT2D eigenvalue weighted by atomic mass is 10.2. The number of halogens is 7. The molecule has 2 heterocycles. The van der Waals surface area contributed by atoms with Crippen LogP contribution in [0, 0.1) is 0 Å². The molecule has 0 spiro atoms. The van der Waals surface area contributed by atoms with Gasteiger partial charge in [0.05, 0.1) is 21.8 Å². The molecule has 1 amide bonds. The molecule has 2 aromatic heterocycles. The van der Waals surface area contributed by atoms with Crippen molar-refractivity contribution in [1.29, 1.82) is 0 Å². The number of pyridine rings is 2. The summed E-state index contributed by atoms with van der Waals surface area (Å²) < 4.78 is 76.1. The summed E-state index contributed by atoms with van der Waals surface area (Å²) in [7, 11) is 1.36. The number of nitrogens with one attached hydrogen (secondary N) is 2. The molecule has 2 rings (SSSR count). The molecule has 0 bridgehead atoms. The molecular formula is C14H9ClF6N4O. The predicted octanol–water partition coefficient (Wildman–Crippen LogP) is 4.46. The fraction of sp³-hybridized carbons (Fsp3) is 0.214. The van der Waals surface area contributed by atoms with Crippen LogP contribution in [0.4, 0.5) is 37.8 Å². The average molecular weight is 399 g/mol. The highest BCUT2D eigenvalue weighted by Gasteiger charge is 2.33. The molecular weight excluding hydrogens is 390 g/mol. The van der Waals surface area contributed by atoms with Gasteiger partial charge in [0.1, 0.15) is 11.5 Å². The lowest BCUT2D eigenvalue weighted by Gasteiger charge is -2.14. The van der Waals surface area contributed by atoms with Crippen LogP contribution in [-0.4, -0.2) is 22.9 Å². The highest BCUT2D eigenvalue weighted by molar-refractivity contribution is 6.34. The Morgan fingerprint density at radius 3 is 2.04 bits per heavy atom. The molecule has 2 N–H and O–H groups in total. The van der Waals surface area contributed by atoms with E-state index in [9.17, 15) is 31.1 Å². The van der Waals surface area contributed by atoms with E-state index in [4.69, 9.17) is 11.6 Å². The zero-order chi connectivity index (χ0) is 19.7. The number of carbonyl (C=O) groups excluding carboxylic acids is 1. The van der Waals surface area contributed by atoms with Crippen LogP contribution in [0.3, 0.4) is 0 Å². The normalized spacial score (nSPS) is 12.0. The molecule has 26 heavy (non-hydrogen) atoms. The second-order valence-corrected chi connectivity index (χ2v) is 5.28. The van der Waals surface area contributed by atoms with Crippen LogP contribution in [0.2, 0.25) is 5.02 Å². The number of nitrogens with zero attached hydrogens (tertiary/aromatic N) is 2. The number of alkyl halides is 6. The summed E-state index contributed by atoms with van der Waals surface area (Å²) in [4.78, 5) is 19.0. The van der Waals surface area contributed by atoms with E-state index in [2.05, 4.69) is 20.6 Å². The maximum absolute atomic E-state index is 12.8. The van der Waals surface area contributed by atoms with Gasteiger partial charge in [-0.05, 0) is 12.1 Å². The Morgan fingerprint density at radius 1 is 1.00 bits per heavy atom. The number of anilines is 2. The summed E-state index contributed by atoms with van der Waals surface area (Å²) in [5, 5.41) is 3.97. The standard InChI is InChI=1S/C14H9ClF6N4O/c1-22-11-9(3-7(5-24-11)14(19,20)21)25-12(26)10-8(15)2-6(4-23-10)13(16,17)18/h2-5H,1H3,(H,22,24)(H,25,26). The van der Waals surface area contributed by atoms with Gasteiger partial charge in [-0.1, -0.05) is 11.6 Å². The lowest BCUT2D eigenvalue weighted by Crippen LogP contribution is -2.18. The van der Waals surface area contributed by atoms with Gasteiger partial charge in [0.2, 0.25) is 0 Å². The van der Waals surface area contributed by atoms with Crippen molar-refractivity contribution in [2.45, 2.75) is 12.4 Å². The van der Waals surface area contributed by atoms with E-state index in [0.717, 1.165) is 0 Å². The van der Waals surface area contributed by atoms with Crippen molar-refractivity contribution in [2.75, 3.05) is 17.7 Å². The van der Waals surface area contributed by atoms with Crippen LogP contribution in [-0.2, 0) is 12.4 Å². The minimum atomic E-state index is -4.71. The Balaban J connectivity index is 2.35. The Bertz CT molecular complexity index is 837. The maximum atomic E-state index is 12.8. The molecule has 5 nitrogen and oxygen atoms in total. The minimum Gasteiger partial charge on any atom is -0.371 e. The third-order valence-electron chi connectivity index (χ3n) is 3.08. The summed E-state index contributed by atoms with van der Waals surface area (Å²) in [5.74, 6) is -1.18. The molecule has 0 fully saturated rings. The van der Waals surface area contributed by atoms with E-state index in [1.807, 2.05) is 0 Å². The Hall–Kier alpha value is -2.56. The maximum Gasteiger partial charge on any atom is 0.417 e. The smallest absolute Gasteiger partial charge is 0.371 e. The molecule has 2 aromatic rings. The molecule has 140 valence electrons. The van der Waals surface area contributed by atoms with Crippen molar-refractivity contribution in [2.24, 2.45) is 0 Å². The van der Waals surface area contributed by atoms with Gasteiger partial charge in [-0.25, -0.2) is 9.97 Å². The minimum absolute atomic E-state index is 0.0885. The third kappa shape index (κ3) is 4.34. The van der Waals surface area contributed by atoms with Crippen molar-refractivity contribution in [3.63, 3.8) is 0 Å². The molecule has 0 aliphatic heterocycles. The van der Waals surface area contributed by atoms with Gasteiger partial charge in [-0.3, -0.25) is 4.79 Å². The van der Waals surface area contributed by atoms with Gasteiger partial charge in [0.25, 0.3) is 5.91 Å². The zero-order valence-corrected chi connectivity index (χ0v) is 13.5. The Labute approximate surface area is 147 Å². The first-order chi connectivity index (χ1) is 11.9. The summed E-state index contributed by atoms with van der Waals surface area (Å²) in [5.41, 5.74) is -3.22. The number of aromatic nitrogens is 2. The molecule has 0 radical (unpaired) electrons. The second-order valence-electron chi connectivity index (χ2n) is 4.87. The van der Waals surface area contributed by atoms with Gasteiger partial charge in [0.15, 0.2) is 0 Å². The van der Waals surface area contributed by atoms with Gasteiger partial charge in [-0.2, -0.15) is 26.3 Å². The van der Waals surface area contributed by atoms with Crippen LogP contribution in [0.1, 0.15) is 21.6 Å². The van der Waals surface area contributed by atoms with Crippen molar-refractivity contribution in [3.05, 3.63) is 46.4 Å². The molecule has 0 atom stereocenters. The molecule has 0 saturated carbocycles. The number of rotatable bonds is 3. The Kier molecular flexibility index (Phi) is 5.31. The molecule has 0 aliphatic rings. The van der Waals surface area contributed by atoms with Crippen molar-refractivity contribution < 1.29 is 31.1 Å². The fourth-order valence-corrected chi connectivity index (χ4v) is 2.11. The van der Waals surface area contributed by atoms with E-state index in [0.29, 0.717) is 24.5 Å². The zero-order valence-electron chi connectivity index (χ0n) is 12.8. The molecule has 0 aromatic carbocycles. The first-order valence-corrected chi connectivity index (χ1v) is 7.10. The van der Waals surface area contributed by atoms with Crippen molar-refractivity contribution in [1.82, 2.24) is 9.97 Å². The molecule has 0 unspecified atom stereocenters. The van der Waals surface area contributed by atoms with Gasteiger partial charge >= 0.3 is 12.4 Å². The Morgan fingerprint density at radius 2 is 1.54 bits per heavy atom. The summed E-state index contributed by atoms with van der Waals surface area (Å²) in [6, 6.07) is 1.11. The molecule has 0 saturated heterocycles. The van der Waals surface area contributed by atoms with Crippen LogP contribution < -0.4 is 10.6 Å². The first-order valence-electron chi connectivity index (χ1n) is 6.72. The molecule has 12 heteroatoms. The number of carbonyl (C=O) groups is 1. The predicted molar refractivity (Wildman–Crippen MR) is 81.0 cm³/mol. The quantitative estimate of drug-likeness (QED) is 0.749. The van der Waals surface area contributed by atoms with E-state index >= 15 is 0 Å². The van der Waals surface area contributed by atoms with Gasteiger partial charge in [0, 0.05) is 19.4 Å². The van der Waals surface area contributed by atoms with E-state index in [1.165, 1.54) is 7.05 Å². The van der Waals surface area contributed by atoms with Crippen LogP contribution in [0.25, 0.3) is 0 Å². The summed E-state index contributed by atoms with van der Waals surface area (Å²) in [6.07, 6.45) is -8.46. The number of hydrogen-bond donors (Lipinski definition) is 2. The second kappa shape index (κ2) is 6.98. The fourth-order valence-electron chi connectivity index (χ4n) is 1.86. The first kappa shape index (κ1) is 19.8. The topological polar surface area (TPSA) is 66.9 Å². The van der Waals surface area contributed by atoms with E-state index in [-0.39, 0.29) is 11.5 Å². The number of hydrogen-bond acceptors (Lipinski definition) is 4. The van der Waals surface area contributed by atoms with E-state index < -0.39 is 40.1 Å². The van der Waals surface area contributed by atoms with Gasteiger partial charge < -0.3 is 10.6 Å². The van der Waals surface area contributed by atoms with Gasteiger partial charge in [-0.15, -0.1) is 0 Å². The van der Waals surface area contributed by atoms with Crippen molar-refractivity contribution >= 4 is 29.0 Å². The SMILES string of the molecule is CNc1ncc(C(F)(F)F)cc1NC(=O)c1ncc(C(F)(F)F)cc1Cl. The van der Waals surface area contributed by atoms with Crippen molar-refractivity contribution in [3.8, 4) is 0 Å². The summed E-state index contributed by atoms with van der Waals surface area (Å²) >= 11 is 5.64. The number of amides is 1. The van der Waals surface area contributed by atoms with Crippen LogP contribution >= 0.6 is 11.6 Å². The molecule has 0 aliphatic carbocycles. The van der Waals surface area contributed by atoms with E-state index in [1.54, 1.807) is 0 Å². The van der Waals surface area contributed by atoms with Crippen LogP contribution in [0.5, 0.6) is 0 Å². The highest BCUT2D eigenvalue weighted by atomic mass is 35.5. The van der Waals surface area contributed by atoms with Crippen LogP contribution in [0.15, 0.2) is 24.5 Å². The summed E-state index contributed by atoms with van der Waals surface area (Å²) in [6.45, 7) is 0. The monoisotopic (exact) mass is 398 g/mol. The largest absolute Gasteiger partial charge is 0.417 e.